The Kier molecular flexibility index (Phi) is 15.7. The highest BCUT2D eigenvalue weighted by Crippen LogP contribution is 2.09. The number of carboxylic acids is 3. The van der Waals surface area contributed by atoms with E-state index in [-0.39, 0.29) is 25.2 Å². The molecule has 36 heavy (non-hydrogen) atoms. The predicted molar refractivity (Wildman–Crippen MR) is 128 cm³/mol. The van der Waals surface area contributed by atoms with Crippen molar-refractivity contribution in [3.63, 3.8) is 0 Å². The second kappa shape index (κ2) is 17.2. The maximum atomic E-state index is 13.0. The highest BCUT2D eigenvalue weighted by Gasteiger charge is 2.31. The highest BCUT2D eigenvalue weighted by molar-refractivity contribution is 5.94. The van der Waals surface area contributed by atoms with Crippen LogP contribution in [0.15, 0.2) is 0 Å². The van der Waals surface area contributed by atoms with Crippen molar-refractivity contribution in [3.05, 3.63) is 0 Å². The number of aliphatic carboxylic acids is 3. The Morgan fingerprint density at radius 3 is 1.64 bits per heavy atom. The number of unbranched alkanes of at least 4 members (excludes halogenated alkanes) is 1. The number of nitrogens with two attached hydrogens (primary N) is 2. The van der Waals surface area contributed by atoms with Crippen LogP contribution in [0.3, 0.4) is 0 Å². The van der Waals surface area contributed by atoms with Gasteiger partial charge in [-0.25, -0.2) is 4.79 Å². The summed E-state index contributed by atoms with van der Waals surface area (Å²) >= 11 is 0. The summed E-state index contributed by atoms with van der Waals surface area (Å²) in [7, 11) is 0. The van der Waals surface area contributed by atoms with E-state index in [0.29, 0.717) is 25.8 Å². The van der Waals surface area contributed by atoms with Gasteiger partial charge < -0.3 is 42.7 Å². The van der Waals surface area contributed by atoms with E-state index in [4.69, 9.17) is 21.7 Å². The van der Waals surface area contributed by atoms with Crippen LogP contribution in [0.4, 0.5) is 0 Å². The molecular weight excluding hydrogens is 478 g/mol. The van der Waals surface area contributed by atoms with E-state index < -0.39 is 72.6 Å². The minimum absolute atomic E-state index is 0.0983. The van der Waals surface area contributed by atoms with Crippen LogP contribution in [0.2, 0.25) is 0 Å². The number of rotatable bonds is 19. The van der Waals surface area contributed by atoms with Gasteiger partial charge in [0.2, 0.25) is 17.7 Å². The molecule has 0 aliphatic carbocycles. The first-order chi connectivity index (χ1) is 16.8. The largest absolute Gasteiger partial charge is 0.481 e. The number of carbonyl (C=O) groups is 6. The monoisotopic (exact) mass is 517 g/mol. The number of hydrogen-bond acceptors (Lipinski definition) is 8. The molecule has 0 aromatic carbocycles. The first-order valence-electron chi connectivity index (χ1n) is 11.8. The van der Waals surface area contributed by atoms with Gasteiger partial charge in [0.1, 0.15) is 18.1 Å². The third-order valence-electron chi connectivity index (χ3n) is 5.19. The third kappa shape index (κ3) is 14.2. The van der Waals surface area contributed by atoms with Crippen molar-refractivity contribution >= 4 is 35.6 Å². The van der Waals surface area contributed by atoms with Gasteiger partial charge in [0.25, 0.3) is 0 Å². The Morgan fingerprint density at radius 2 is 1.17 bits per heavy atom. The molecule has 0 spiro atoms. The summed E-state index contributed by atoms with van der Waals surface area (Å²) < 4.78 is 0. The van der Waals surface area contributed by atoms with Crippen LogP contribution < -0.4 is 27.4 Å². The summed E-state index contributed by atoms with van der Waals surface area (Å²) in [5.41, 5.74) is 11.3. The van der Waals surface area contributed by atoms with Gasteiger partial charge in [-0.3, -0.25) is 24.0 Å². The van der Waals surface area contributed by atoms with Gasteiger partial charge in [-0.1, -0.05) is 20.3 Å². The Morgan fingerprint density at radius 1 is 0.694 bits per heavy atom. The molecule has 0 radical (unpaired) electrons. The lowest BCUT2D eigenvalue weighted by Gasteiger charge is -2.26. The van der Waals surface area contributed by atoms with Crippen LogP contribution >= 0.6 is 0 Å². The lowest BCUT2D eigenvalue weighted by molar-refractivity contribution is -0.143. The Balaban J connectivity index is 5.51. The Hall–Kier alpha value is -3.26. The van der Waals surface area contributed by atoms with Crippen LogP contribution in [0.25, 0.3) is 0 Å². The van der Waals surface area contributed by atoms with Crippen LogP contribution in [-0.4, -0.2) is 81.7 Å². The number of nitrogens with one attached hydrogen (secondary N) is 3. The molecule has 0 rings (SSSR count). The standard InChI is InChI=1S/C22H39N5O9/c1-12(2)11-16(21(34)26-15(22(35)36)7-9-18(30)31)27-20(33)14(6-8-17(28)29)25-19(32)13(24)5-3-4-10-23/h12-16H,3-11,23-24H2,1-2H3,(H,25,32)(H,26,34)(H,27,33)(H,28,29)(H,30,31)(H,35,36)/t13-,14-,15+,16-/m0/s1. The smallest absolute Gasteiger partial charge is 0.326 e. The molecule has 0 aromatic heterocycles. The fourth-order valence-electron chi connectivity index (χ4n) is 3.23. The third-order valence-corrected chi connectivity index (χ3v) is 5.19. The van der Waals surface area contributed by atoms with Gasteiger partial charge in [-0.05, 0) is 44.6 Å². The molecular formula is C22H39N5O9. The fourth-order valence-corrected chi connectivity index (χ4v) is 3.23. The van der Waals surface area contributed by atoms with Crippen LogP contribution in [0.5, 0.6) is 0 Å². The molecule has 0 aromatic rings. The van der Waals surface area contributed by atoms with E-state index in [1.54, 1.807) is 13.8 Å². The molecule has 0 saturated carbocycles. The second-order valence-electron chi connectivity index (χ2n) is 8.91. The number of carboxylic acid groups (broad SMARTS) is 3. The van der Waals surface area contributed by atoms with Crippen molar-refractivity contribution in [2.24, 2.45) is 17.4 Å². The normalized spacial score (nSPS) is 14.2. The molecule has 0 aliphatic rings. The molecule has 14 heteroatoms. The van der Waals surface area contributed by atoms with E-state index in [1.165, 1.54) is 0 Å². The van der Waals surface area contributed by atoms with Crippen LogP contribution in [-0.2, 0) is 28.8 Å². The number of carbonyl (C=O) groups excluding carboxylic acids is 3. The summed E-state index contributed by atoms with van der Waals surface area (Å²) in [5.74, 6) is -6.34. The topological polar surface area (TPSA) is 251 Å². The van der Waals surface area contributed by atoms with Gasteiger partial charge in [-0.15, -0.1) is 0 Å². The highest BCUT2D eigenvalue weighted by atomic mass is 16.4. The molecule has 0 saturated heterocycles. The average Bonchev–Trinajstić information content (AvgIpc) is 2.77. The van der Waals surface area contributed by atoms with E-state index in [9.17, 15) is 33.9 Å². The molecule has 3 amide bonds. The van der Waals surface area contributed by atoms with Gasteiger partial charge in [0.15, 0.2) is 0 Å². The first-order valence-corrected chi connectivity index (χ1v) is 11.8. The molecule has 0 fully saturated rings. The van der Waals surface area contributed by atoms with Gasteiger partial charge >= 0.3 is 17.9 Å². The number of amides is 3. The van der Waals surface area contributed by atoms with E-state index in [1.807, 2.05) is 0 Å². The Bertz CT molecular complexity index is 775. The predicted octanol–water partition coefficient (Wildman–Crippen LogP) is -1.24. The molecule has 4 atom stereocenters. The van der Waals surface area contributed by atoms with Crippen molar-refractivity contribution in [1.29, 1.82) is 0 Å². The van der Waals surface area contributed by atoms with E-state index in [2.05, 4.69) is 16.0 Å². The van der Waals surface area contributed by atoms with Crippen molar-refractivity contribution in [2.75, 3.05) is 6.54 Å². The van der Waals surface area contributed by atoms with Crippen molar-refractivity contribution in [3.8, 4) is 0 Å². The van der Waals surface area contributed by atoms with E-state index in [0.717, 1.165) is 0 Å². The number of hydrogen-bond donors (Lipinski definition) is 8. The summed E-state index contributed by atoms with van der Waals surface area (Å²) in [4.78, 5) is 71.5. The Labute approximate surface area is 209 Å². The zero-order valence-electron chi connectivity index (χ0n) is 20.7. The zero-order valence-corrected chi connectivity index (χ0v) is 20.7. The van der Waals surface area contributed by atoms with Crippen molar-refractivity contribution in [2.45, 2.75) is 89.4 Å². The SMILES string of the molecule is CC(C)C[C@H](NC(=O)[C@H](CCC(=O)O)NC(=O)[C@@H](N)CCCCN)C(=O)N[C@H](CCC(=O)O)C(=O)O. The molecule has 0 unspecified atom stereocenters. The second-order valence-corrected chi connectivity index (χ2v) is 8.91. The molecule has 0 bridgehead atoms. The van der Waals surface area contributed by atoms with Gasteiger partial charge in [0.05, 0.1) is 6.04 Å². The molecule has 14 nitrogen and oxygen atoms in total. The average molecular weight is 518 g/mol. The molecule has 206 valence electrons. The summed E-state index contributed by atoms with van der Waals surface area (Å²) in [5, 5.41) is 34.2. The summed E-state index contributed by atoms with van der Waals surface area (Å²) in [6.45, 7) is 3.95. The fraction of sp³-hybridized carbons (Fsp3) is 0.727. The molecule has 0 heterocycles. The maximum Gasteiger partial charge on any atom is 0.326 e. The van der Waals surface area contributed by atoms with Gasteiger partial charge in [0, 0.05) is 12.8 Å². The van der Waals surface area contributed by atoms with E-state index >= 15 is 0 Å². The minimum atomic E-state index is -1.49. The lowest BCUT2D eigenvalue weighted by Crippen LogP contribution is -2.57. The van der Waals surface area contributed by atoms with Crippen LogP contribution in [0, 0.1) is 5.92 Å². The lowest BCUT2D eigenvalue weighted by atomic mass is 10.0. The van der Waals surface area contributed by atoms with Crippen molar-refractivity contribution < 1.29 is 44.1 Å². The maximum absolute atomic E-state index is 13.0. The van der Waals surface area contributed by atoms with Crippen molar-refractivity contribution in [1.82, 2.24) is 16.0 Å². The zero-order chi connectivity index (χ0) is 27.8. The molecule has 10 N–H and O–H groups in total. The minimum Gasteiger partial charge on any atom is -0.481 e. The van der Waals surface area contributed by atoms with Gasteiger partial charge in [-0.2, -0.15) is 0 Å². The first kappa shape index (κ1) is 32.7. The quantitative estimate of drug-likeness (QED) is 0.0940. The summed E-state index contributed by atoms with van der Waals surface area (Å²) in [6, 6.07) is -4.96. The molecule has 0 aliphatic heterocycles. The summed E-state index contributed by atoms with van der Waals surface area (Å²) in [6.07, 6.45) is 0.0704. The van der Waals surface area contributed by atoms with Crippen LogP contribution in [0.1, 0.15) is 65.2 Å².